The first-order valence-corrected chi connectivity index (χ1v) is 8.56. The zero-order valence-corrected chi connectivity index (χ0v) is 14.8. The number of nitro benzene ring substituents is 1. The Bertz CT molecular complexity index is 771. The van der Waals surface area contributed by atoms with Gasteiger partial charge in [-0.3, -0.25) is 10.1 Å². The number of rotatable bonds is 3. The molecule has 0 saturated carbocycles. The fourth-order valence-corrected chi connectivity index (χ4v) is 3.15. The van der Waals surface area contributed by atoms with Crippen molar-refractivity contribution in [3.05, 3.63) is 64.2 Å². The summed E-state index contributed by atoms with van der Waals surface area (Å²) in [7, 11) is 0. The smallest absolute Gasteiger partial charge is 0.269 e. The number of non-ortho nitro benzene ring substituents is 1. The highest BCUT2D eigenvalue weighted by Crippen LogP contribution is 2.21. The van der Waals surface area contributed by atoms with Crippen molar-refractivity contribution in [2.45, 2.75) is 6.92 Å². The summed E-state index contributed by atoms with van der Waals surface area (Å²) in [4.78, 5) is 14.7. The molecule has 2 aromatic rings. The molecule has 0 bridgehead atoms. The summed E-state index contributed by atoms with van der Waals surface area (Å²) < 4.78 is 0. The largest absolute Gasteiger partial charge is 0.368 e. The van der Waals surface area contributed by atoms with Crippen LogP contribution in [0.25, 0.3) is 0 Å². The van der Waals surface area contributed by atoms with Crippen LogP contribution in [0.3, 0.4) is 0 Å². The highest BCUT2D eigenvalue weighted by Gasteiger charge is 2.20. The van der Waals surface area contributed by atoms with Gasteiger partial charge in [0.05, 0.1) is 4.92 Å². The molecule has 1 heterocycles. The summed E-state index contributed by atoms with van der Waals surface area (Å²) >= 11 is 5.54. The molecule has 1 fully saturated rings. The van der Waals surface area contributed by atoms with Crippen LogP contribution in [0.15, 0.2) is 48.5 Å². The molecule has 6 nitrogen and oxygen atoms in total. The van der Waals surface area contributed by atoms with Crippen molar-refractivity contribution in [1.82, 2.24) is 4.90 Å². The molecule has 0 radical (unpaired) electrons. The molecule has 130 valence electrons. The lowest BCUT2D eigenvalue weighted by Gasteiger charge is -2.37. The molecule has 1 saturated heterocycles. The second-order valence-corrected chi connectivity index (χ2v) is 6.38. The van der Waals surface area contributed by atoms with Crippen LogP contribution in [0.4, 0.5) is 17.1 Å². The Morgan fingerprint density at radius 1 is 1.08 bits per heavy atom. The van der Waals surface area contributed by atoms with E-state index >= 15 is 0 Å². The number of nitrogens with one attached hydrogen (secondary N) is 1. The Kier molecular flexibility index (Phi) is 5.14. The number of thiocarbonyl (C=S) groups is 1. The molecular formula is C18H20N4O2S. The maximum atomic E-state index is 10.7. The van der Waals surface area contributed by atoms with E-state index in [1.54, 1.807) is 24.3 Å². The van der Waals surface area contributed by atoms with Gasteiger partial charge in [-0.25, -0.2) is 0 Å². The molecule has 1 aliphatic rings. The zero-order valence-electron chi connectivity index (χ0n) is 14.0. The topological polar surface area (TPSA) is 61.6 Å². The van der Waals surface area contributed by atoms with Crippen molar-refractivity contribution >= 4 is 34.4 Å². The average molecular weight is 356 g/mol. The predicted octanol–water partition coefficient (Wildman–Crippen LogP) is 3.42. The second kappa shape index (κ2) is 7.48. The fraction of sp³-hybridized carbons (Fsp3) is 0.278. The van der Waals surface area contributed by atoms with Gasteiger partial charge in [0.25, 0.3) is 5.69 Å². The summed E-state index contributed by atoms with van der Waals surface area (Å²) in [6.45, 7) is 5.34. The number of nitro groups is 1. The first-order valence-electron chi connectivity index (χ1n) is 8.15. The van der Waals surface area contributed by atoms with Crippen molar-refractivity contribution in [3.8, 4) is 0 Å². The molecule has 0 amide bonds. The van der Waals surface area contributed by atoms with Crippen molar-refractivity contribution in [1.29, 1.82) is 0 Å². The van der Waals surface area contributed by atoms with Crippen LogP contribution in [0.5, 0.6) is 0 Å². The Labute approximate surface area is 152 Å². The third-order valence-corrected chi connectivity index (χ3v) is 4.74. The minimum atomic E-state index is -0.378. The summed E-state index contributed by atoms with van der Waals surface area (Å²) in [6, 6.07) is 14.8. The quantitative estimate of drug-likeness (QED) is 0.516. The van der Waals surface area contributed by atoms with Gasteiger partial charge in [0.15, 0.2) is 5.11 Å². The van der Waals surface area contributed by atoms with Crippen LogP contribution in [0.2, 0.25) is 0 Å². The van der Waals surface area contributed by atoms with E-state index in [-0.39, 0.29) is 10.6 Å². The summed E-state index contributed by atoms with van der Waals surface area (Å²) in [5.41, 5.74) is 3.31. The molecule has 0 aliphatic carbocycles. The molecule has 0 spiro atoms. The van der Waals surface area contributed by atoms with Gasteiger partial charge in [-0.1, -0.05) is 18.2 Å². The second-order valence-electron chi connectivity index (χ2n) is 5.99. The molecule has 7 heteroatoms. The summed E-state index contributed by atoms with van der Waals surface area (Å²) in [6.07, 6.45) is 0. The normalized spacial score (nSPS) is 14.3. The third-order valence-electron chi connectivity index (χ3n) is 4.38. The molecule has 1 aliphatic heterocycles. The zero-order chi connectivity index (χ0) is 17.8. The van der Waals surface area contributed by atoms with E-state index < -0.39 is 0 Å². The van der Waals surface area contributed by atoms with Gasteiger partial charge in [-0.2, -0.15) is 0 Å². The van der Waals surface area contributed by atoms with Gasteiger partial charge in [0, 0.05) is 49.7 Å². The Balaban J connectivity index is 1.57. The van der Waals surface area contributed by atoms with E-state index in [9.17, 15) is 10.1 Å². The van der Waals surface area contributed by atoms with E-state index in [0.717, 1.165) is 48.2 Å². The van der Waals surface area contributed by atoms with E-state index in [0.29, 0.717) is 0 Å². The number of piperazine rings is 1. The minimum absolute atomic E-state index is 0.117. The fourth-order valence-electron chi connectivity index (χ4n) is 2.86. The van der Waals surface area contributed by atoms with Crippen molar-refractivity contribution in [2.24, 2.45) is 0 Å². The Morgan fingerprint density at radius 2 is 1.72 bits per heavy atom. The maximum absolute atomic E-state index is 10.7. The molecule has 3 rings (SSSR count). The van der Waals surface area contributed by atoms with E-state index in [1.807, 2.05) is 18.2 Å². The Morgan fingerprint density at radius 3 is 2.32 bits per heavy atom. The number of nitrogens with zero attached hydrogens (tertiary/aromatic N) is 3. The monoisotopic (exact) mass is 356 g/mol. The number of anilines is 2. The van der Waals surface area contributed by atoms with Crippen LogP contribution < -0.4 is 10.2 Å². The summed E-state index contributed by atoms with van der Waals surface area (Å²) in [5, 5.41) is 14.8. The van der Waals surface area contributed by atoms with Gasteiger partial charge in [0.1, 0.15) is 0 Å². The highest BCUT2D eigenvalue weighted by atomic mass is 32.1. The SMILES string of the molecule is Cc1ccccc1NC(=S)N1CCN(c2ccc([N+](=O)[O-])cc2)CC1. The van der Waals surface area contributed by atoms with Gasteiger partial charge < -0.3 is 15.1 Å². The van der Waals surface area contributed by atoms with Crippen molar-refractivity contribution in [3.63, 3.8) is 0 Å². The lowest BCUT2D eigenvalue weighted by atomic mass is 10.2. The number of hydrogen-bond acceptors (Lipinski definition) is 4. The number of hydrogen-bond donors (Lipinski definition) is 1. The molecule has 1 N–H and O–H groups in total. The lowest BCUT2D eigenvalue weighted by molar-refractivity contribution is -0.384. The number of aryl methyl sites for hydroxylation is 1. The molecule has 0 unspecified atom stereocenters. The van der Waals surface area contributed by atoms with E-state index in [2.05, 4.69) is 28.1 Å². The predicted molar refractivity (Wildman–Crippen MR) is 104 cm³/mol. The maximum Gasteiger partial charge on any atom is 0.269 e. The van der Waals surface area contributed by atoms with Crippen LogP contribution in [-0.2, 0) is 0 Å². The highest BCUT2D eigenvalue weighted by molar-refractivity contribution is 7.80. The standard InChI is InChI=1S/C18H20N4O2S/c1-14-4-2-3-5-17(14)19-18(25)21-12-10-20(11-13-21)15-6-8-16(9-7-15)22(23)24/h2-9H,10-13H2,1H3,(H,19,25). The van der Waals surface area contributed by atoms with Crippen LogP contribution >= 0.6 is 12.2 Å². The third kappa shape index (κ3) is 4.06. The van der Waals surface area contributed by atoms with E-state index in [1.165, 1.54) is 0 Å². The number of para-hydroxylation sites is 1. The molecule has 2 aromatic carbocycles. The molecule has 25 heavy (non-hydrogen) atoms. The van der Waals surface area contributed by atoms with Crippen LogP contribution in [0.1, 0.15) is 5.56 Å². The van der Waals surface area contributed by atoms with Gasteiger partial charge in [0.2, 0.25) is 0 Å². The number of benzene rings is 2. The molecule has 0 atom stereocenters. The minimum Gasteiger partial charge on any atom is -0.368 e. The molecule has 0 aromatic heterocycles. The van der Waals surface area contributed by atoms with Crippen LogP contribution in [-0.4, -0.2) is 41.1 Å². The van der Waals surface area contributed by atoms with Gasteiger partial charge >= 0.3 is 0 Å². The lowest BCUT2D eigenvalue weighted by Crippen LogP contribution is -2.50. The van der Waals surface area contributed by atoms with E-state index in [4.69, 9.17) is 12.2 Å². The van der Waals surface area contributed by atoms with Gasteiger partial charge in [-0.15, -0.1) is 0 Å². The first-order chi connectivity index (χ1) is 12.0. The van der Waals surface area contributed by atoms with Gasteiger partial charge in [-0.05, 0) is 42.9 Å². The first kappa shape index (κ1) is 17.2. The van der Waals surface area contributed by atoms with Crippen molar-refractivity contribution < 1.29 is 4.92 Å². The van der Waals surface area contributed by atoms with Crippen LogP contribution in [0, 0.1) is 17.0 Å². The molecular weight excluding hydrogens is 336 g/mol. The average Bonchev–Trinajstić information content (AvgIpc) is 2.64. The summed E-state index contributed by atoms with van der Waals surface area (Å²) in [5.74, 6) is 0. The van der Waals surface area contributed by atoms with Crippen molar-refractivity contribution in [2.75, 3.05) is 36.4 Å². The Hall–Kier alpha value is -2.67.